The summed E-state index contributed by atoms with van der Waals surface area (Å²) in [6.45, 7) is 3.42. The molecule has 0 radical (unpaired) electrons. The predicted octanol–water partition coefficient (Wildman–Crippen LogP) is 4.21. The molecule has 9 heteroatoms. The number of carbonyl (C=O) groups excluding carboxylic acids is 4. The van der Waals surface area contributed by atoms with Crippen LogP contribution in [0.5, 0.6) is 11.5 Å². The first-order valence-electron chi connectivity index (χ1n) is 11.4. The number of anilines is 2. The molecule has 2 N–H and O–H groups in total. The van der Waals surface area contributed by atoms with E-state index in [9.17, 15) is 19.2 Å². The summed E-state index contributed by atoms with van der Waals surface area (Å²) < 4.78 is 11.3. The van der Waals surface area contributed by atoms with Crippen molar-refractivity contribution in [3.05, 3.63) is 89.0 Å². The molecule has 0 spiro atoms. The fourth-order valence-electron chi connectivity index (χ4n) is 3.83. The zero-order valence-electron chi connectivity index (χ0n) is 20.5. The van der Waals surface area contributed by atoms with Crippen molar-refractivity contribution in [2.45, 2.75) is 20.5 Å². The molecule has 1 fully saturated rings. The van der Waals surface area contributed by atoms with Gasteiger partial charge in [0, 0.05) is 18.2 Å². The Labute approximate surface area is 213 Å². The fourth-order valence-corrected chi connectivity index (χ4v) is 3.83. The molecule has 188 valence electrons. The van der Waals surface area contributed by atoms with Crippen molar-refractivity contribution in [3.8, 4) is 11.5 Å². The van der Waals surface area contributed by atoms with E-state index in [1.54, 1.807) is 60.7 Å². The minimum atomic E-state index is -0.800. The topological polar surface area (TPSA) is 114 Å². The van der Waals surface area contributed by atoms with E-state index in [0.29, 0.717) is 34.0 Å². The van der Waals surface area contributed by atoms with Crippen LogP contribution in [0.2, 0.25) is 0 Å². The Morgan fingerprint density at radius 3 is 2.46 bits per heavy atom. The predicted molar refractivity (Wildman–Crippen MR) is 138 cm³/mol. The van der Waals surface area contributed by atoms with E-state index >= 15 is 0 Å². The van der Waals surface area contributed by atoms with E-state index in [1.165, 1.54) is 20.1 Å². The standard InChI is InChI=1S/C28H25N3O6/c1-17-5-4-6-22(13-17)31-27(34)24(26(33)30-28(31)35)15-19-7-12-25(36-3)20(14-19)16-37-23-10-8-21(9-11-23)29-18(2)32/h4-15H,16H2,1-3H3,(H,29,32)(H,30,33,35). The minimum absolute atomic E-state index is 0.147. The molecule has 0 bridgehead atoms. The summed E-state index contributed by atoms with van der Waals surface area (Å²) in [4.78, 5) is 50.3. The summed E-state index contributed by atoms with van der Waals surface area (Å²) in [5.74, 6) is -0.512. The summed E-state index contributed by atoms with van der Waals surface area (Å²) in [5.41, 5.74) is 2.95. The Hall–Kier alpha value is -4.92. The van der Waals surface area contributed by atoms with Crippen LogP contribution < -0.4 is 25.0 Å². The number of nitrogens with one attached hydrogen (secondary N) is 2. The molecular weight excluding hydrogens is 474 g/mol. The van der Waals surface area contributed by atoms with Gasteiger partial charge in [-0.25, -0.2) is 9.69 Å². The van der Waals surface area contributed by atoms with Crippen molar-refractivity contribution < 1.29 is 28.7 Å². The smallest absolute Gasteiger partial charge is 0.335 e. The number of methoxy groups -OCH3 is 1. The number of amides is 5. The zero-order chi connectivity index (χ0) is 26.5. The van der Waals surface area contributed by atoms with Crippen molar-refractivity contribution >= 4 is 41.2 Å². The van der Waals surface area contributed by atoms with E-state index in [2.05, 4.69) is 10.6 Å². The molecular formula is C28H25N3O6. The second-order valence-corrected chi connectivity index (χ2v) is 8.36. The highest BCUT2D eigenvalue weighted by molar-refractivity contribution is 6.39. The Kier molecular flexibility index (Phi) is 7.34. The Morgan fingerprint density at radius 1 is 1.03 bits per heavy atom. The first-order valence-corrected chi connectivity index (χ1v) is 11.4. The lowest BCUT2D eigenvalue weighted by Gasteiger charge is -2.26. The number of rotatable bonds is 7. The van der Waals surface area contributed by atoms with Crippen LogP contribution in [-0.2, 0) is 21.0 Å². The van der Waals surface area contributed by atoms with E-state index in [1.807, 2.05) is 13.0 Å². The van der Waals surface area contributed by atoms with Gasteiger partial charge in [-0.05, 0) is 72.7 Å². The van der Waals surface area contributed by atoms with E-state index in [0.717, 1.165) is 10.5 Å². The highest BCUT2D eigenvalue weighted by atomic mass is 16.5. The summed E-state index contributed by atoms with van der Waals surface area (Å²) in [6, 6.07) is 18.1. The van der Waals surface area contributed by atoms with Crippen LogP contribution in [0.1, 0.15) is 23.6 Å². The van der Waals surface area contributed by atoms with Crippen LogP contribution in [0.25, 0.3) is 6.08 Å². The molecule has 37 heavy (non-hydrogen) atoms. The maximum Gasteiger partial charge on any atom is 0.335 e. The SMILES string of the molecule is COc1ccc(C=C2C(=O)NC(=O)N(c3cccc(C)c3)C2=O)cc1COc1ccc(NC(C)=O)cc1. The Balaban J connectivity index is 1.57. The van der Waals surface area contributed by atoms with Gasteiger partial charge in [-0.1, -0.05) is 18.2 Å². The lowest BCUT2D eigenvalue weighted by atomic mass is 10.0. The number of ether oxygens (including phenoxy) is 2. The second kappa shape index (κ2) is 10.8. The van der Waals surface area contributed by atoms with E-state index < -0.39 is 17.8 Å². The Bertz CT molecular complexity index is 1410. The van der Waals surface area contributed by atoms with Gasteiger partial charge in [0.2, 0.25) is 5.91 Å². The highest BCUT2D eigenvalue weighted by Crippen LogP contribution is 2.26. The third kappa shape index (κ3) is 5.84. The monoisotopic (exact) mass is 499 g/mol. The average Bonchev–Trinajstić information content (AvgIpc) is 2.86. The molecule has 0 saturated carbocycles. The minimum Gasteiger partial charge on any atom is -0.496 e. The van der Waals surface area contributed by atoms with Gasteiger partial charge in [0.1, 0.15) is 23.7 Å². The molecule has 0 atom stereocenters. The van der Waals surface area contributed by atoms with Gasteiger partial charge in [-0.3, -0.25) is 19.7 Å². The molecule has 1 heterocycles. The molecule has 1 saturated heterocycles. The molecule has 3 aromatic carbocycles. The van der Waals surface area contributed by atoms with Gasteiger partial charge in [0.15, 0.2) is 0 Å². The molecule has 0 aromatic heterocycles. The second-order valence-electron chi connectivity index (χ2n) is 8.36. The largest absolute Gasteiger partial charge is 0.496 e. The van der Waals surface area contributed by atoms with Crippen molar-refractivity contribution in [2.75, 3.05) is 17.3 Å². The zero-order valence-corrected chi connectivity index (χ0v) is 20.5. The summed E-state index contributed by atoms with van der Waals surface area (Å²) in [7, 11) is 1.53. The number of aryl methyl sites for hydroxylation is 1. The van der Waals surface area contributed by atoms with Crippen LogP contribution in [0, 0.1) is 6.92 Å². The fraction of sp³-hybridized carbons (Fsp3) is 0.143. The first kappa shape index (κ1) is 25.2. The third-order valence-corrected chi connectivity index (χ3v) is 5.55. The van der Waals surface area contributed by atoms with Crippen LogP contribution in [0.15, 0.2) is 72.3 Å². The van der Waals surface area contributed by atoms with E-state index in [4.69, 9.17) is 9.47 Å². The molecule has 9 nitrogen and oxygen atoms in total. The Morgan fingerprint density at radius 2 is 1.78 bits per heavy atom. The molecule has 3 aromatic rings. The lowest BCUT2D eigenvalue weighted by Crippen LogP contribution is -2.54. The van der Waals surface area contributed by atoms with Gasteiger partial charge >= 0.3 is 6.03 Å². The number of imide groups is 2. The number of urea groups is 1. The molecule has 0 unspecified atom stereocenters. The number of carbonyl (C=O) groups is 4. The number of hydrogen-bond donors (Lipinski definition) is 2. The normalized spacial score (nSPS) is 14.4. The molecule has 1 aliphatic heterocycles. The van der Waals surface area contributed by atoms with Gasteiger partial charge in [-0.15, -0.1) is 0 Å². The maximum absolute atomic E-state index is 13.2. The quantitative estimate of drug-likeness (QED) is 0.372. The number of hydrogen-bond acceptors (Lipinski definition) is 6. The van der Waals surface area contributed by atoms with Gasteiger partial charge in [-0.2, -0.15) is 0 Å². The third-order valence-electron chi connectivity index (χ3n) is 5.55. The molecule has 0 aliphatic carbocycles. The van der Waals surface area contributed by atoms with Crippen LogP contribution in [-0.4, -0.2) is 30.9 Å². The van der Waals surface area contributed by atoms with Crippen molar-refractivity contribution in [1.29, 1.82) is 0 Å². The van der Waals surface area contributed by atoms with E-state index in [-0.39, 0.29) is 18.1 Å². The number of barbiturate groups is 1. The van der Waals surface area contributed by atoms with Crippen LogP contribution >= 0.6 is 0 Å². The maximum atomic E-state index is 13.2. The first-order chi connectivity index (χ1) is 17.7. The van der Waals surface area contributed by atoms with Crippen LogP contribution in [0.4, 0.5) is 16.2 Å². The van der Waals surface area contributed by atoms with Crippen molar-refractivity contribution in [1.82, 2.24) is 5.32 Å². The molecule has 1 aliphatic rings. The lowest BCUT2D eigenvalue weighted by molar-refractivity contribution is -0.122. The summed E-state index contributed by atoms with van der Waals surface area (Å²) in [6.07, 6.45) is 1.43. The van der Waals surface area contributed by atoms with Crippen molar-refractivity contribution in [2.24, 2.45) is 0 Å². The highest BCUT2D eigenvalue weighted by Gasteiger charge is 2.36. The summed E-state index contributed by atoms with van der Waals surface area (Å²) >= 11 is 0. The molecule has 5 amide bonds. The van der Waals surface area contributed by atoms with Gasteiger partial charge in [0.05, 0.1) is 12.8 Å². The summed E-state index contributed by atoms with van der Waals surface area (Å²) in [5, 5.41) is 4.92. The molecule has 4 rings (SSSR count). The van der Waals surface area contributed by atoms with Crippen LogP contribution in [0.3, 0.4) is 0 Å². The van der Waals surface area contributed by atoms with Crippen molar-refractivity contribution in [3.63, 3.8) is 0 Å². The number of nitrogens with zero attached hydrogens (tertiary/aromatic N) is 1. The average molecular weight is 500 g/mol. The van der Waals surface area contributed by atoms with Gasteiger partial charge < -0.3 is 14.8 Å². The number of benzene rings is 3. The van der Waals surface area contributed by atoms with Gasteiger partial charge in [0.25, 0.3) is 11.8 Å².